The average molecular weight is 342 g/mol. The van der Waals surface area contributed by atoms with Crippen molar-refractivity contribution in [1.29, 1.82) is 0 Å². The fourth-order valence-corrected chi connectivity index (χ4v) is 3.43. The molecule has 4 N–H and O–H groups in total. The maximum atomic E-state index is 11.5. The first-order chi connectivity index (χ1) is 11.0. The van der Waals surface area contributed by atoms with Crippen LogP contribution in [0.3, 0.4) is 0 Å². The maximum Gasteiger partial charge on any atom is 0.457 e. The molecule has 8 nitrogen and oxygen atoms in total. The number of nitrogens with zero attached hydrogens (tertiary/aromatic N) is 1. The second-order valence-electron chi connectivity index (χ2n) is 7.66. The molecule has 2 unspecified atom stereocenters. The van der Waals surface area contributed by atoms with Crippen molar-refractivity contribution in [3.8, 4) is 0 Å². The Balaban J connectivity index is 1.92. The molecule has 9 heteroatoms. The average Bonchev–Trinajstić information content (AvgIpc) is 2.84. The van der Waals surface area contributed by atoms with E-state index < -0.39 is 41.3 Å². The fraction of sp³-hybridized carbons (Fsp3) is 0.867. The van der Waals surface area contributed by atoms with Crippen molar-refractivity contribution >= 4 is 19.2 Å². The number of hydrogen-bond acceptors (Lipinski definition) is 5. The van der Waals surface area contributed by atoms with Crippen LogP contribution in [-0.2, 0) is 14.1 Å². The van der Waals surface area contributed by atoms with Gasteiger partial charge in [0.05, 0.1) is 11.2 Å². The van der Waals surface area contributed by atoms with Gasteiger partial charge < -0.3 is 25.3 Å². The largest absolute Gasteiger partial charge is 0.480 e. The molecule has 0 aliphatic carbocycles. The minimum atomic E-state index is -1.24. The van der Waals surface area contributed by atoms with E-state index in [-0.39, 0.29) is 13.7 Å². The lowest BCUT2D eigenvalue weighted by Crippen LogP contribution is -2.42. The summed E-state index contributed by atoms with van der Waals surface area (Å²) >= 11 is 0. The summed E-state index contributed by atoms with van der Waals surface area (Å²) in [5, 5.41) is 18.5. The number of amides is 1. The standard InChI is InChI=1S/C15H27BN2O6/c1-14(2)15(3,4)24-16(23-14)7-5-6-9-10(17)8-18(13(21)22)11(9)12(19)20/h9-11H,5-8,17H2,1-4H3,(H,19,20)(H,21,22)/t9?,10?,11-/m0/s1. The van der Waals surface area contributed by atoms with Gasteiger partial charge in [0, 0.05) is 18.5 Å². The molecule has 2 saturated heterocycles. The summed E-state index contributed by atoms with van der Waals surface area (Å²) in [4.78, 5) is 23.6. The van der Waals surface area contributed by atoms with Gasteiger partial charge in [-0.3, -0.25) is 4.90 Å². The smallest absolute Gasteiger partial charge is 0.457 e. The molecule has 0 radical (unpaired) electrons. The summed E-state index contributed by atoms with van der Waals surface area (Å²) in [6.45, 7) is 7.96. The van der Waals surface area contributed by atoms with Gasteiger partial charge in [-0.25, -0.2) is 9.59 Å². The van der Waals surface area contributed by atoms with Crippen molar-refractivity contribution in [3.63, 3.8) is 0 Å². The van der Waals surface area contributed by atoms with Gasteiger partial charge in [-0.2, -0.15) is 0 Å². The fourth-order valence-electron chi connectivity index (χ4n) is 3.43. The quantitative estimate of drug-likeness (QED) is 0.643. The van der Waals surface area contributed by atoms with Gasteiger partial charge >= 0.3 is 19.2 Å². The van der Waals surface area contributed by atoms with E-state index in [1.54, 1.807) is 0 Å². The van der Waals surface area contributed by atoms with Crippen LogP contribution < -0.4 is 5.73 Å². The summed E-state index contributed by atoms with van der Waals surface area (Å²) in [6, 6.07) is -1.56. The molecule has 0 aromatic rings. The highest BCUT2D eigenvalue weighted by atomic mass is 16.7. The van der Waals surface area contributed by atoms with Gasteiger partial charge in [-0.1, -0.05) is 6.42 Å². The Labute approximate surface area is 142 Å². The van der Waals surface area contributed by atoms with Gasteiger partial charge in [0.1, 0.15) is 6.04 Å². The zero-order chi connectivity index (χ0) is 18.3. The molecule has 2 aliphatic rings. The normalized spacial score (nSPS) is 31.5. The molecule has 2 rings (SSSR count). The number of carbonyl (C=O) groups is 2. The van der Waals surface area contributed by atoms with Crippen molar-refractivity contribution in [1.82, 2.24) is 4.90 Å². The summed E-state index contributed by atoms with van der Waals surface area (Å²) < 4.78 is 11.8. The first kappa shape index (κ1) is 19.0. The lowest BCUT2D eigenvalue weighted by Gasteiger charge is -2.32. The number of carboxylic acids is 1. The third-order valence-corrected chi connectivity index (χ3v) is 5.48. The van der Waals surface area contributed by atoms with Crippen LogP contribution in [0, 0.1) is 5.92 Å². The van der Waals surface area contributed by atoms with Crippen LogP contribution in [0.4, 0.5) is 4.79 Å². The third-order valence-electron chi connectivity index (χ3n) is 5.48. The zero-order valence-corrected chi connectivity index (χ0v) is 14.7. The monoisotopic (exact) mass is 342 g/mol. The van der Waals surface area contributed by atoms with E-state index in [4.69, 9.17) is 20.1 Å². The van der Waals surface area contributed by atoms with Crippen molar-refractivity contribution in [2.24, 2.45) is 11.7 Å². The molecule has 2 heterocycles. The van der Waals surface area contributed by atoms with Crippen LogP contribution in [0.5, 0.6) is 0 Å². The molecule has 0 saturated carbocycles. The predicted molar refractivity (Wildman–Crippen MR) is 87.7 cm³/mol. The highest BCUT2D eigenvalue weighted by Gasteiger charge is 2.51. The van der Waals surface area contributed by atoms with Gasteiger partial charge in [0.25, 0.3) is 0 Å². The molecule has 24 heavy (non-hydrogen) atoms. The van der Waals surface area contributed by atoms with Crippen LogP contribution in [0.25, 0.3) is 0 Å². The second kappa shape index (κ2) is 6.53. The van der Waals surface area contributed by atoms with Crippen molar-refractivity contribution in [2.75, 3.05) is 6.54 Å². The second-order valence-corrected chi connectivity index (χ2v) is 7.66. The van der Waals surface area contributed by atoms with Gasteiger partial charge in [0.2, 0.25) is 0 Å². The third kappa shape index (κ3) is 3.53. The molecular weight excluding hydrogens is 315 g/mol. The molecule has 2 aliphatic heterocycles. The Morgan fingerprint density at radius 3 is 2.21 bits per heavy atom. The van der Waals surface area contributed by atoms with E-state index in [0.29, 0.717) is 19.2 Å². The van der Waals surface area contributed by atoms with Gasteiger partial charge in [-0.15, -0.1) is 0 Å². The summed E-state index contributed by atoms with van der Waals surface area (Å²) in [6.07, 6.45) is 0.555. The van der Waals surface area contributed by atoms with Crippen LogP contribution >= 0.6 is 0 Å². The van der Waals surface area contributed by atoms with Crippen LogP contribution in [0.1, 0.15) is 40.5 Å². The minimum absolute atomic E-state index is 0.0491. The molecule has 3 atom stereocenters. The Hall–Kier alpha value is -1.32. The molecule has 0 aromatic carbocycles. The van der Waals surface area contributed by atoms with Crippen molar-refractivity contribution < 1.29 is 29.1 Å². The summed E-state index contributed by atoms with van der Waals surface area (Å²) in [5.41, 5.74) is 5.19. The topological polar surface area (TPSA) is 122 Å². The molecule has 2 fully saturated rings. The number of likely N-dealkylation sites (tertiary alicyclic amines) is 1. The Morgan fingerprint density at radius 2 is 1.75 bits per heavy atom. The zero-order valence-electron chi connectivity index (χ0n) is 14.7. The first-order valence-electron chi connectivity index (χ1n) is 8.30. The number of nitrogens with two attached hydrogens (primary N) is 1. The summed E-state index contributed by atoms with van der Waals surface area (Å²) in [7, 11) is -0.341. The molecule has 1 amide bonds. The number of carboxylic acid groups (broad SMARTS) is 2. The number of hydrogen-bond donors (Lipinski definition) is 3. The summed E-state index contributed by atoms with van der Waals surface area (Å²) in [5.74, 6) is -1.55. The highest BCUT2D eigenvalue weighted by molar-refractivity contribution is 6.45. The molecule has 136 valence electrons. The highest BCUT2D eigenvalue weighted by Crippen LogP contribution is 2.38. The lowest BCUT2D eigenvalue weighted by molar-refractivity contribution is -0.143. The lowest BCUT2D eigenvalue weighted by atomic mass is 9.79. The maximum absolute atomic E-state index is 11.5. The molecule has 0 bridgehead atoms. The van der Waals surface area contributed by atoms with E-state index >= 15 is 0 Å². The molecule has 0 aromatic heterocycles. The van der Waals surface area contributed by atoms with Gasteiger partial charge in [-0.05, 0) is 40.4 Å². The SMILES string of the molecule is CC1(C)OB(CCCC2C(N)CN(C(=O)O)[C@@H]2C(=O)O)OC1(C)C. The van der Waals surface area contributed by atoms with Crippen LogP contribution in [-0.4, -0.2) is 64.1 Å². The Bertz CT molecular complexity index is 496. The Morgan fingerprint density at radius 1 is 1.21 bits per heavy atom. The van der Waals surface area contributed by atoms with Crippen molar-refractivity contribution in [3.05, 3.63) is 0 Å². The van der Waals surface area contributed by atoms with E-state index in [1.165, 1.54) is 0 Å². The van der Waals surface area contributed by atoms with E-state index in [0.717, 1.165) is 4.90 Å². The number of rotatable bonds is 5. The predicted octanol–water partition coefficient (Wildman–Crippen LogP) is 1.25. The Kier molecular flexibility index (Phi) is 5.18. The first-order valence-corrected chi connectivity index (χ1v) is 8.30. The van der Waals surface area contributed by atoms with E-state index in [9.17, 15) is 14.7 Å². The number of aliphatic carboxylic acids is 1. The minimum Gasteiger partial charge on any atom is -0.480 e. The van der Waals surface area contributed by atoms with E-state index in [1.807, 2.05) is 27.7 Å². The van der Waals surface area contributed by atoms with E-state index in [2.05, 4.69) is 0 Å². The van der Waals surface area contributed by atoms with Crippen molar-refractivity contribution in [2.45, 2.75) is 70.1 Å². The van der Waals surface area contributed by atoms with Crippen LogP contribution in [0.2, 0.25) is 6.32 Å². The molecule has 0 spiro atoms. The van der Waals surface area contributed by atoms with Gasteiger partial charge in [0.15, 0.2) is 0 Å². The van der Waals surface area contributed by atoms with Crippen LogP contribution in [0.15, 0.2) is 0 Å². The molecular formula is C15H27BN2O6.